The maximum Gasteiger partial charge on any atom is 0.307 e. The number of benzene rings is 3. The zero-order valence-corrected chi connectivity index (χ0v) is 20.7. The van der Waals surface area contributed by atoms with Crippen LogP contribution in [0.1, 0.15) is 27.2 Å². The topological polar surface area (TPSA) is 87.6 Å². The van der Waals surface area contributed by atoms with Crippen LogP contribution in [0.15, 0.2) is 79.1 Å². The van der Waals surface area contributed by atoms with Crippen LogP contribution in [0.25, 0.3) is 11.0 Å². The van der Waals surface area contributed by atoms with Gasteiger partial charge in [0.25, 0.3) is 0 Å². The smallest absolute Gasteiger partial charge is 0.307 e. The van der Waals surface area contributed by atoms with Gasteiger partial charge < -0.3 is 9.15 Å². The van der Waals surface area contributed by atoms with E-state index in [0.29, 0.717) is 32.0 Å². The maximum absolute atomic E-state index is 12.3. The zero-order chi connectivity index (χ0) is 23.4. The van der Waals surface area contributed by atoms with Crippen molar-refractivity contribution in [2.45, 2.75) is 6.61 Å². The first-order valence-corrected chi connectivity index (χ1v) is 11.5. The molecule has 0 bridgehead atoms. The van der Waals surface area contributed by atoms with Crippen LogP contribution in [-0.4, -0.2) is 12.1 Å². The quantitative estimate of drug-likeness (QED) is 0.198. The van der Waals surface area contributed by atoms with Gasteiger partial charge in [-0.25, -0.2) is 5.43 Å². The fraction of sp³-hybridized carbons (Fsp3) is 0.0417. The van der Waals surface area contributed by atoms with E-state index >= 15 is 0 Å². The fourth-order valence-electron chi connectivity index (χ4n) is 3.04. The summed E-state index contributed by atoms with van der Waals surface area (Å²) in [5.41, 5.74) is 4.99. The van der Waals surface area contributed by atoms with Gasteiger partial charge in [-0.3, -0.25) is 4.79 Å². The predicted octanol–water partition coefficient (Wildman–Crippen LogP) is 6.83. The largest absolute Gasteiger partial charge is 0.486 e. The average Bonchev–Trinajstić information content (AvgIpc) is 3.22. The Labute approximate surface area is 211 Å². The number of ether oxygens (including phenoxy) is 1. The first-order chi connectivity index (χ1) is 15.9. The fourth-order valence-corrected chi connectivity index (χ4v) is 4.41. The van der Waals surface area contributed by atoms with Gasteiger partial charge >= 0.3 is 5.91 Å². The Hall–Kier alpha value is -3.12. The van der Waals surface area contributed by atoms with Crippen molar-refractivity contribution in [2.75, 3.05) is 0 Å². The van der Waals surface area contributed by atoms with Crippen LogP contribution in [0, 0.1) is 11.3 Å². The van der Waals surface area contributed by atoms with Crippen LogP contribution < -0.4 is 10.2 Å². The molecule has 0 radical (unpaired) electrons. The Bertz CT molecular complexity index is 1400. The number of amides is 1. The molecule has 3 aromatic carbocycles. The van der Waals surface area contributed by atoms with Crippen molar-refractivity contribution in [3.05, 3.63) is 97.1 Å². The molecule has 0 fully saturated rings. The molecule has 33 heavy (non-hydrogen) atoms. The summed E-state index contributed by atoms with van der Waals surface area (Å²) in [6.07, 6.45) is 1.46. The molecule has 0 atom stereocenters. The number of hydrogen-bond donors (Lipinski definition) is 1. The van der Waals surface area contributed by atoms with E-state index in [1.807, 2.05) is 24.3 Å². The maximum atomic E-state index is 12.3. The zero-order valence-electron chi connectivity index (χ0n) is 16.8. The Morgan fingerprint density at radius 3 is 2.79 bits per heavy atom. The van der Waals surface area contributed by atoms with E-state index < -0.39 is 5.91 Å². The van der Waals surface area contributed by atoms with Crippen molar-refractivity contribution in [2.24, 2.45) is 5.10 Å². The minimum atomic E-state index is -0.472. The van der Waals surface area contributed by atoms with Crippen molar-refractivity contribution < 1.29 is 13.9 Å². The highest BCUT2D eigenvalue weighted by Gasteiger charge is 2.13. The van der Waals surface area contributed by atoms with Crippen molar-refractivity contribution >= 4 is 66.6 Å². The van der Waals surface area contributed by atoms with Gasteiger partial charge in [0.2, 0.25) is 0 Å². The van der Waals surface area contributed by atoms with E-state index in [1.54, 1.807) is 36.4 Å². The third-order valence-corrected chi connectivity index (χ3v) is 5.98. The Morgan fingerprint density at radius 2 is 2.00 bits per heavy atom. The first kappa shape index (κ1) is 23.1. The van der Waals surface area contributed by atoms with E-state index in [4.69, 9.17) is 20.8 Å². The van der Waals surface area contributed by atoms with E-state index in [-0.39, 0.29) is 12.4 Å². The second kappa shape index (κ2) is 10.2. The van der Waals surface area contributed by atoms with Gasteiger partial charge in [-0.1, -0.05) is 45.7 Å². The molecule has 0 spiro atoms. The number of nitrogens with zero attached hydrogens (tertiary/aromatic N) is 2. The molecule has 0 saturated carbocycles. The summed E-state index contributed by atoms with van der Waals surface area (Å²) < 4.78 is 12.9. The summed E-state index contributed by atoms with van der Waals surface area (Å²) in [7, 11) is 0. The lowest BCUT2D eigenvalue weighted by Gasteiger charge is -2.12. The van der Waals surface area contributed by atoms with Gasteiger partial charge in [0.05, 0.1) is 27.3 Å². The molecule has 1 heterocycles. The van der Waals surface area contributed by atoms with Crippen molar-refractivity contribution in [3.8, 4) is 11.8 Å². The highest BCUT2D eigenvalue weighted by molar-refractivity contribution is 9.10. The molecular formula is C24H14Br2ClN3O3. The molecule has 0 aliphatic carbocycles. The number of hydrazone groups is 1. The second-order valence-corrected chi connectivity index (χ2v) is 9.04. The lowest BCUT2D eigenvalue weighted by molar-refractivity contribution is 0.0929. The van der Waals surface area contributed by atoms with Gasteiger partial charge in [-0.2, -0.15) is 10.4 Å². The molecule has 9 heteroatoms. The molecule has 0 aliphatic rings. The highest BCUT2D eigenvalue weighted by Crippen LogP contribution is 2.35. The summed E-state index contributed by atoms with van der Waals surface area (Å²) in [6.45, 7) is 0.194. The number of carbonyl (C=O) groups excluding carboxylic acids is 1. The molecular weight excluding hydrogens is 574 g/mol. The van der Waals surface area contributed by atoms with E-state index in [1.165, 1.54) is 6.21 Å². The van der Waals surface area contributed by atoms with Crippen molar-refractivity contribution in [3.63, 3.8) is 0 Å². The first-order valence-electron chi connectivity index (χ1n) is 9.57. The van der Waals surface area contributed by atoms with Gasteiger partial charge in [0.1, 0.15) is 12.2 Å². The van der Waals surface area contributed by atoms with Crippen LogP contribution in [0.4, 0.5) is 0 Å². The van der Waals surface area contributed by atoms with Crippen molar-refractivity contribution in [1.29, 1.82) is 5.26 Å². The Morgan fingerprint density at radius 1 is 1.18 bits per heavy atom. The number of furan rings is 1. The van der Waals surface area contributed by atoms with Crippen LogP contribution in [0.5, 0.6) is 5.75 Å². The van der Waals surface area contributed by atoms with E-state index in [0.717, 1.165) is 15.4 Å². The van der Waals surface area contributed by atoms with Crippen molar-refractivity contribution in [1.82, 2.24) is 5.43 Å². The number of nitriles is 1. The molecule has 0 saturated heterocycles. The van der Waals surface area contributed by atoms with Gasteiger partial charge in [0, 0.05) is 15.4 Å². The lowest BCUT2D eigenvalue weighted by Crippen LogP contribution is -2.16. The minimum Gasteiger partial charge on any atom is -0.486 e. The summed E-state index contributed by atoms with van der Waals surface area (Å²) in [4.78, 5) is 12.3. The third-order valence-electron chi connectivity index (χ3n) is 4.61. The molecule has 0 unspecified atom stereocenters. The van der Waals surface area contributed by atoms with Crippen LogP contribution >= 0.6 is 43.5 Å². The summed E-state index contributed by atoms with van der Waals surface area (Å²) >= 11 is 13.2. The minimum absolute atomic E-state index is 0.154. The summed E-state index contributed by atoms with van der Waals surface area (Å²) in [5, 5.41) is 14.4. The SMILES string of the molecule is N#Cc1ccccc1COc1c(Cl)cc(/C=N/NC(=O)c2cc3cc(Br)ccc3o2)cc1Br. The van der Waals surface area contributed by atoms with Gasteiger partial charge in [-0.15, -0.1) is 0 Å². The van der Waals surface area contributed by atoms with Crippen LogP contribution in [0.2, 0.25) is 5.02 Å². The molecule has 6 nitrogen and oxygen atoms in total. The molecule has 0 aliphatic heterocycles. The number of rotatable bonds is 6. The Kier molecular flexibility index (Phi) is 7.14. The summed E-state index contributed by atoms with van der Waals surface area (Å²) in [6, 6.07) is 19.9. The normalized spacial score (nSPS) is 11.0. The number of hydrogen-bond acceptors (Lipinski definition) is 5. The van der Waals surface area contributed by atoms with E-state index in [2.05, 4.69) is 48.5 Å². The molecule has 164 valence electrons. The average molecular weight is 588 g/mol. The third kappa shape index (κ3) is 5.45. The van der Waals surface area contributed by atoms with Gasteiger partial charge in [0.15, 0.2) is 11.5 Å². The lowest BCUT2D eigenvalue weighted by atomic mass is 10.1. The monoisotopic (exact) mass is 585 g/mol. The Balaban J connectivity index is 1.43. The van der Waals surface area contributed by atoms with E-state index in [9.17, 15) is 10.1 Å². The number of fused-ring (bicyclic) bond motifs is 1. The van der Waals surface area contributed by atoms with Gasteiger partial charge in [-0.05, 0) is 64.0 Å². The van der Waals surface area contributed by atoms with Crippen LogP contribution in [0.3, 0.4) is 0 Å². The summed E-state index contributed by atoms with van der Waals surface area (Å²) in [5.74, 6) is 0.125. The molecule has 4 aromatic rings. The highest BCUT2D eigenvalue weighted by atomic mass is 79.9. The number of halogens is 3. The van der Waals surface area contributed by atoms with Crippen LogP contribution in [-0.2, 0) is 6.61 Å². The molecule has 1 amide bonds. The molecule has 1 N–H and O–H groups in total. The number of carbonyl (C=O) groups is 1. The number of nitrogens with one attached hydrogen (secondary N) is 1. The second-order valence-electron chi connectivity index (χ2n) is 6.86. The molecule has 4 rings (SSSR count). The predicted molar refractivity (Wildman–Crippen MR) is 134 cm³/mol. The molecule has 1 aromatic heterocycles. The standard InChI is InChI=1S/C24H14Br2ClN3O3/c25-18-5-6-21-17(9-18)10-22(33-21)24(31)30-29-12-14-7-19(26)23(20(27)8-14)32-13-16-4-2-1-3-15(16)11-28/h1-10,12H,13H2,(H,30,31)/b29-12+.